The Hall–Kier alpha value is -3.37. The molecule has 184 valence electrons. The van der Waals surface area contributed by atoms with Crippen molar-refractivity contribution in [3.05, 3.63) is 89.5 Å². The van der Waals surface area contributed by atoms with Crippen LogP contribution in [0.3, 0.4) is 0 Å². The fourth-order valence-corrected chi connectivity index (χ4v) is 5.92. The van der Waals surface area contributed by atoms with Crippen LogP contribution in [0, 0.1) is 6.92 Å². The lowest BCUT2D eigenvalue weighted by molar-refractivity contribution is 0.371. The second-order valence-corrected chi connectivity index (χ2v) is 12.0. The molecule has 0 fully saturated rings. The summed E-state index contributed by atoms with van der Waals surface area (Å²) in [5.41, 5.74) is 3.61. The number of anilines is 1. The summed E-state index contributed by atoms with van der Waals surface area (Å²) in [6.45, 7) is 3.52. The van der Waals surface area contributed by atoms with Gasteiger partial charge >= 0.3 is 0 Å². The van der Waals surface area contributed by atoms with E-state index in [0.717, 1.165) is 16.7 Å². The van der Waals surface area contributed by atoms with Gasteiger partial charge < -0.3 is 4.74 Å². The number of nitrogens with one attached hydrogen (secondary N) is 1. The summed E-state index contributed by atoms with van der Waals surface area (Å²) in [7, 11) is -5.82. The molecule has 0 saturated carbocycles. The Labute approximate surface area is 206 Å². The summed E-state index contributed by atoms with van der Waals surface area (Å²) in [5.74, 6) is 0.529. The first-order valence-corrected chi connectivity index (χ1v) is 14.2. The van der Waals surface area contributed by atoms with E-state index in [2.05, 4.69) is 9.82 Å². The van der Waals surface area contributed by atoms with E-state index in [1.807, 2.05) is 31.2 Å². The Morgan fingerprint density at radius 1 is 1.00 bits per heavy atom. The van der Waals surface area contributed by atoms with Gasteiger partial charge in [0, 0.05) is 12.1 Å². The summed E-state index contributed by atoms with van der Waals surface area (Å²) in [5, 5.41) is 4.55. The molecular weight excluding hydrogens is 486 g/mol. The van der Waals surface area contributed by atoms with Gasteiger partial charge in [-0.05, 0) is 61.4 Å². The van der Waals surface area contributed by atoms with Crippen molar-refractivity contribution in [3.63, 3.8) is 0 Å². The molecule has 0 radical (unpaired) electrons. The molecule has 0 bridgehead atoms. The average Bonchev–Trinajstić information content (AvgIpc) is 3.31. The van der Waals surface area contributed by atoms with Crippen LogP contribution in [0.2, 0.25) is 0 Å². The van der Waals surface area contributed by atoms with E-state index in [4.69, 9.17) is 4.74 Å². The van der Waals surface area contributed by atoms with Crippen molar-refractivity contribution in [1.29, 1.82) is 0 Å². The van der Waals surface area contributed by atoms with Gasteiger partial charge in [-0.3, -0.25) is 4.72 Å². The molecule has 0 saturated heterocycles. The van der Waals surface area contributed by atoms with Gasteiger partial charge in [0.2, 0.25) is 10.0 Å². The molecule has 3 aromatic rings. The van der Waals surface area contributed by atoms with Crippen molar-refractivity contribution >= 4 is 31.4 Å². The van der Waals surface area contributed by atoms with Gasteiger partial charge in [-0.1, -0.05) is 42.0 Å². The third-order valence-corrected chi connectivity index (χ3v) is 8.78. The lowest BCUT2D eigenvalue weighted by atomic mass is 9.98. The topological polar surface area (TPSA) is 105 Å². The second kappa shape index (κ2) is 9.71. The molecule has 0 spiro atoms. The Morgan fingerprint density at radius 3 is 2.29 bits per heavy atom. The van der Waals surface area contributed by atoms with Crippen LogP contribution >= 0.6 is 0 Å². The number of aryl methyl sites for hydroxylation is 1. The average molecular weight is 514 g/mol. The lowest BCUT2D eigenvalue weighted by Crippen LogP contribution is -2.27. The number of sulfonamides is 2. The van der Waals surface area contributed by atoms with E-state index in [0.29, 0.717) is 23.6 Å². The Balaban J connectivity index is 1.72. The van der Waals surface area contributed by atoms with Crippen molar-refractivity contribution in [2.45, 2.75) is 31.2 Å². The molecule has 0 aliphatic carbocycles. The van der Waals surface area contributed by atoms with Crippen molar-refractivity contribution < 1.29 is 21.6 Å². The molecule has 0 amide bonds. The van der Waals surface area contributed by atoms with Gasteiger partial charge in [0.1, 0.15) is 5.75 Å². The molecule has 1 N–H and O–H groups in total. The Bertz CT molecular complexity index is 1450. The molecule has 35 heavy (non-hydrogen) atoms. The molecule has 1 atom stereocenters. The molecule has 4 rings (SSSR count). The third kappa shape index (κ3) is 5.33. The number of ether oxygens (including phenoxy) is 1. The van der Waals surface area contributed by atoms with Crippen LogP contribution in [0.1, 0.15) is 36.1 Å². The van der Waals surface area contributed by atoms with Crippen molar-refractivity contribution in [1.82, 2.24) is 4.41 Å². The minimum absolute atomic E-state index is 0.0299. The number of methoxy groups -OCH3 is 1. The van der Waals surface area contributed by atoms with Gasteiger partial charge in [0.15, 0.2) is 0 Å². The molecular formula is C25H27N3O5S2. The summed E-state index contributed by atoms with van der Waals surface area (Å²) in [6, 6.07) is 20.2. The Morgan fingerprint density at radius 2 is 1.69 bits per heavy atom. The zero-order valence-corrected chi connectivity index (χ0v) is 21.3. The number of hydrogen-bond acceptors (Lipinski definition) is 6. The first-order valence-electron chi connectivity index (χ1n) is 11.1. The van der Waals surface area contributed by atoms with E-state index in [1.165, 1.54) is 23.7 Å². The fraction of sp³-hybridized carbons (Fsp3) is 0.240. The summed E-state index contributed by atoms with van der Waals surface area (Å²) in [4.78, 5) is 0.116. The normalized spacial score (nSPS) is 16.1. The number of rotatable bonds is 8. The zero-order valence-electron chi connectivity index (χ0n) is 19.7. The number of nitrogens with zero attached hydrogens (tertiary/aromatic N) is 2. The molecule has 10 heteroatoms. The van der Waals surface area contributed by atoms with Gasteiger partial charge in [-0.25, -0.2) is 8.42 Å². The van der Waals surface area contributed by atoms with Crippen LogP contribution in [-0.2, 0) is 20.0 Å². The highest BCUT2D eigenvalue weighted by Crippen LogP contribution is 2.37. The summed E-state index contributed by atoms with van der Waals surface area (Å²) < 4.78 is 59.8. The van der Waals surface area contributed by atoms with E-state index in [-0.39, 0.29) is 10.6 Å². The van der Waals surface area contributed by atoms with Gasteiger partial charge in [-0.15, -0.1) is 0 Å². The highest BCUT2D eigenvalue weighted by Gasteiger charge is 2.37. The number of hydrogen-bond donors (Lipinski definition) is 1. The Kier molecular flexibility index (Phi) is 6.86. The molecule has 1 aliphatic heterocycles. The molecule has 1 aliphatic rings. The smallest absolute Gasteiger partial charge is 0.279 e. The predicted molar refractivity (Wildman–Crippen MR) is 137 cm³/mol. The summed E-state index contributed by atoms with van der Waals surface area (Å²) >= 11 is 0. The molecule has 3 aromatic carbocycles. The predicted octanol–water partition coefficient (Wildman–Crippen LogP) is 4.31. The lowest BCUT2D eigenvalue weighted by Gasteiger charge is -2.23. The van der Waals surface area contributed by atoms with E-state index < -0.39 is 26.1 Å². The van der Waals surface area contributed by atoms with Crippen molar-refractivity contribution in [2.75, 3.05) is 17.6 Å². The van der Waals surface area contributed by atoms with Crippen LogP contribution in [0.4, 0.5) is 5.69 Å². The largest absolute Gasteiger partial charge is 0.497 e. The standard InChI is InChI=1S/C25H27N3O5S2/c1-4-34(29,30)27-21-10-8-19(9-11-21)24-17-25(20-7-5-6-18(2)16-20)28(26-24)35(31,32)23-14-12-22(33-3)13-15-23/h5-16,25,27H,4,17H2,1-3H3/t25-/m1/s1. The highest BCUT2D eigenvalue weighted by molar-refractivity contribution is 7.92. The van der Waals surface area contributed by atoms with E-state index in [1.54, 1.807) is 43.3 Å². The quantitative estimate of drug-likeness (QED) is 0.483. The second-order valence-electron chi connectivity index (χ2n) is 8.22. The maximum atomic E-state index is 13.6. The van der Waals surface area contributed by atoms with E-state index >= 15 is 0 Å². The van der Waals surface area contributed by atoms with Gasteiger partial charge in [0.25, 0.3) is 10.0 Å². The van der Waals surface area contributed by atoms with E-state index in [9.17, 15) is 16.8 Å². The minimum Gasteiger partial charge on any atom is -0.497 e. The first-order chi connectivity index (χ1) is 16.6. The minimum atomic E-state index is -3.95. The SMILES string of the molecule is CCS(=O)(=O)Nc1ccc(C2=NN(S(=O)(=O)c3ccc(OC)cc3)[C@@H](c3cccc(C)c3)C2)cc1. The molecule has 0 unspecified atom stereocenters. The monoisotopic (exact) mass is 513 g/mol. The molecule has 1 heterocycles. The van der Waals surface area contributed by atoms with Crippen LogP contribution in [-0.4, -0.2) is 39.8 Å². The third-order valence-electron chi connectivity index (χ3n) is 5.77. The number of benzene rings is 3. The van der Waals surface area contributed by atoms with Crippen LogP contribution < -0.4 is 9.46 Å². The maximum absolute atomic E-state index is 13.6. The maximum Gasteiger partial charge on any atom is 0.279 e. The zero-order chi connectivity index (χ0) is 25.2. The highest BCUT2D eigenvalue weighted by atomic mass is 32.2. The van der Waals surface area contributed by atoms with Gasteiger partial charge in [-0.2, -0.15) is 17.9 Å². The van der Waals surface area contributed by atoms with Crippen LogP contribution in [0.15, 0.2) is 82.8 Å². The van der Waals surface area contributed by atoms with Crippen LogP contribution in [0.25, 0.3) is 0 Å². The number of hydrazone groups is 1. The molecule has 0 aromatic heterocycles. The van der Waals surface area contributed by atoms with Crippen LogP contribution in [0.5, 0.6) is 5.75 Å². The van der Waals surface area contributed by atoms with Crippen molar-refractivity contribution in [3.8, 4) is 5.75 Å². The molecule has 8 nitrogen and oxygen atoms in total. The van der Waals surface area contributed by atoms with Gasteiger partial charge in [0.05, 0.1) is 29.5 Å². The fourth-order valence-electron chi connectivity index (χ4n) is 3.85. The summed E-state index contributed by atoms with van der Waals surface area (Å²) in [6.07, 6.45) is 0.374. The first kappa shape index (κ1) is 24.7. The van der Waals surface area contributed by atoms with Crippen molar-refractivity contribution in [2.24, 2.45) is 5.10 Å².